The second kappa shape index (κ2) is 10.0. The fraction of sp³-hybridized carbons (Fsp3) is 0.500. The van der Waals surface area contributed by atoms with E-state index in [0.29, 0.717) is 28.9 Å². The minimum absolute atomic E-state index is 0.0361. The second-order valence-corrected chi connectivity index (χ2v) is 8.66. The van der Waals surface area contributed by atoms with E-state index in [1.165, 1.54) is 12.5 Å². The van der Waals surface area contributed by atoms with Gasteiger partial charge in [0.05, 0.1) is 16.6 Å². The van der Waals surface area contributed by atoms with Crippen molar-refractivity contribution in [3.05, 3.63) is 40.1 Å². The Morgan fingerprint density at radius 2 is 2.13 bits per heavy atom. The van der Waals surface area contributed by atoms with Gasteiger partial charge in [-0.05, 0) is 35.0 Å². The quantitative estimate of drug-likeness (QED) is 0.608. The summed E-state index contributed by atoms with van der Waals surface area (Å²) in [5.74, 6) is 1.18. The summed E-state index contributed by atoms with van der Waals surface area (Å²) in [6.45, 7) is 9.26. The highest BCUT2D eigenvalue weighted by Crippen LogP contribution is 2.23. The van der Waals surface area contributed by atoms with Crippen molar-refractivity contribution >= 4 is 27.7 Å². The lowest BCUT2D eigenvalue weighted by Gasteiger charge is -2.31. The Labute approximate surface area is 184 Å². The SMILES string of the molecule is CC(C)CN(NC(=O)c1coc(CN2CCN(C)CC2)c1)c1nc(C#N)ncc1Br. The lowest BCUT2D eigenvalue weighted by Crippen LogP contribution is -2.45. The number of rotatable bonds is 7. The Morgan fingerprint density at radius 3 is 2.80 bits per heavy atom. The first-order chi connectivity index (χ1) is 14.4. The smallest absolute Gasteiger partial charge is 0.273 e. The summed E-state index contributed by atoms with van der Waals surface area (Å²) in [7, 11) is 2.12. The van der Waals surface area contributed by atoms with Crippen molar-refractivity contribution in [3.8, 4) is 6.07 Å². The predicted octanol–water partition coefficient (Wildman–Crippen LogP) is 2.26. The molecular weight excluding hydrogens is 450 g/mol. The zero-order valence-corrected chi connectivity index (χ0v) is 19.0. The molecule has 1 fully saturated rings. The van der Waals surface area contributed by atoms with Crippen LogP contribution in [0.4, 0.5) is 5.82 Å². The van der Waals surface area contributed by atoms with E-state index in [1.807, 2.05) is 19.9 Å². The molecule has 1 amide bonds. The number of hydrazine groups is 1. The highest BCUT2D eigenvalue weighted by atomic mass is 79.9. The topological polar surface area (TPSA) is 102 Å². The van der Waals surface area contributed by atoms with Gasteiger partial charge < -0.3 is 9.32 Å². The fourth-order valence-electron chi connectivity index (χ4n) is 3.15. The summed E-state index contributed by atoms with van der Waals surface area (Å²) in [5, 5.41) is 10.7. The number of furan rings is 1. The molecule has 0 bridgehead atoms. The van der Waals surface area contributed by atoms with Crippen molar-refractivity contribution in [2.24, 2.45) is 5.92 Å². The number of carbonyl (C=O) groups excluding carboxylic acids is 1. The molecule has 1 aliphatic heterocycles. The summed E-state index contributed by atoms with van der Waals surface area (Å²) in [6, 6.07) is 3.70. The number of anilines is 1. The van der Waals surface area contributed by atoms with Crippen molar-refractivity contribution in [2.45, 2.75) is 20.4 Å². The Morgan fingerprint density at radius 1 is 1.40 bits per heavy atom. The number of hydrogen-bond donors (Lipinski definition) is 1. The van der Waals surface area contributed by atoms with Crippen LogP contribution < -0.4 is 10.4 Å². The molecule has 2 aromatic rings. The minimum Gasteiger partial charge on any atom is -0.467 e. The summed E-state index contributed by atoms with van der Waals surface area (Å²) in [5.41, 5.74) is 3.32. The number of piperazine rings is 1. The molecule has 160 valence electrons. The summed E-state index contributed by atoms with van der Waals surface area (Å²) >= 11 is 3.41. The third kappa shape index (κ3) is 5.78. The molecule has 0 aliphatic carbocycles. The van der Waals surface area contributed by atoms with Crippen LogP contribution >= 0.6 is 15.9 Å². The number of carbonyl (C=O) groups is 1. The number of halogens is 1. The van der Waals surface area contributed by atoms with Crippen LogP contribution in [-0.4, -0.2) is 65.4 Å². The molecule has 0 aromatic carbocycles. The number of likely N-dealkylation sites (N-methyl/N-ethyl adjacent to an activating group) is 1. The summed E-state index contributed by atoms with van der Waals surface area (Å²) in [4.78, 5) is 25.7. The van der Waals surface area contributed by atoms with Crippen molar-refractivity contribution in [3.63, 3.8) is 0 Å². The van der Waals surface area contributed by atoms with Crippen LogP contribution in [0.25, 0.3) is 0 Å². The van der Waals surface area contributed by atoms with Gasteiger partial charge in [-0.15, -0.1) is 0 Å². The maximum absolute atomic E-state index is 12.9. The van der Waals surface area contributed by atoms with Gasteiger partial charge in [-0.25, -0.2) is 4.98 Å². The standard InChI is InChI=1S/C20H26BrN7O2/c1-14(2)11-28(19-17(21)10-23-18(9-22)24-19)25-20(29)15-8-16(30-13-15)12-27-6-4-26(3)5-7-27/h8,10,13-14H,4-7,11-12H2,1-3H3,(H,25,29). The first-order valence-corrected chi connectivity index (χ1v) is 10.6. The van der Waals surface area contributed by atoms with Gasteiger partial charge in [-0.1, -0.05) is 13.8 Å². The van der Waals surface area contributed by atoms with E-state index < -0.39 is 0 Å². The van der Waals surface area contributed by atoms with Crippen LogP contribution in [0.5, 0.6) is 0 Å². The molecule has 2 aromatic heterocycles. The van der Waals surface area contributed by atoms with E-state index in [-0.39, 0.29) is 17.6 Å². The predicted molar refractivity (Wildman–Crippen MR) is 116 cm³/mol. The van der Waals surface area contributed by atoms with Gasteiger partial charge in [0.2, 0.25) is 5.82 Å². The molecule has 0 saturated carbocycles. The molecular formula is C20H26BrN7O2. The molecule has 30 heavy (non-hydrogen) atoms. The molecule has 9 nitrogen and oxygen atoms in total. The van der Waals surface area contributed by atoms with Gasteiger partial charge in [0, 0.05) is 38.9 Å². The van der Waals surface area contributed by atoms with Crippen molar-refractivity contribution < 1.29 is 9.21 Å². The Bertz CT molecular complexity index is 916. The number of hydrogen-bond acceptors (Lipinski definition) is 8. The maximum Gasteiger partial charge on any atom is 0.273 e. The van der Waals surface area contributed by atoms with Gasteiger partial charge in [0.1, 0.15) is 18.1 Å². The second-order valence-electron chi connectivity index (χ2n) is 7.80. The first-order valence-electron chi connectivity index (χ1n) is 9.85. The van der Waals surface area contributed by atoms with Crippen molar-refractivity contribution in [2.75, 3.05) is 44.8 Å². The highest BCUT2D eigenvalue weighted by molar-refractivity contribution is 9.10. The van der Waals surface area contributed by atoms with Crippen LogP contribution in [-0.2, 0) is 6.54 Å². The number of nitrogens with one attached hydrogen (secondary N) is 1. The highest BCUT2D eigenvalue weighted by Gasteiger charge is 2.21. The third-order valence-corrected chi connectivity index (χ3v) is 5.32. The van der Waals surface area contributed by atoms with Crippen molar-refractivity contribution in [1.29, 1.82) is 5.26 Å². The first kappa shape index (κ1) is 22.2. The van der Waals surface area contributed by atoms with E-state index in [2.05, 4.69) is 48.2 Å². The molecule has 0 radical (unpaired) electrons. The number of amides is 1. The minimum atomic E-state index is -0.298. The number of nitriles is 1. The monoisotopic (exact) mass is 475 g/mol. The molecule has 1 saturated heterocycles. The molecule has 0 spiro atoms. The van der Waals surface area contributed by atoms with Gasteiger partial charge in [0.15, 0.2) is 5.82 Å². The van der Waals surface area contributed by atoms with Gasteiger partial charge >= 0.3 is 0 Å². The van der Waals surface area contributed by atoms with Crippen LogP contribution in [0.2, 0.25) is 0 Å². The summed E-state index contributed by atoms with van der Waals surface area (Å²) in [6.07, 6.45) is 2.98. The third-order valence-electron chi connectivity index (χ3n) is 4.76. The average Bonchev–Trinajstić information content (AvgIpc) is 3.18. The van der Waals surface area contributed by atoms with E-state index >= 15 is 0 Å². The summed E-state index contributed by atoms with van der Waals surface area (Å²) < 4.78 is 6.22. The Hall–Kier alpha value is -2.48. The van der Waals surface area contributed by atoms with Crippen LogP contribution in [0, 0.1) is 17.2 Å². The van der Waals surface area contributed by atoms with Crippen LogP contribution in [0.1, 0.15) is 35.8 Å². The molecule has 1 N–H and O–H groups in total. The van der Waals surface area contributed by atoms with Gasteiger partial charge in [0.25, 0.3) is 5.91 Å². The zero-order valence-electron chi connectivity index (χ0n) is 17.4. The lowest BCUT2D eigenvalue weighted by molar-refractivity contribution is 0.0946. The number of aromatic nitrogens is 2. The van der Waals surface area contributed by atoms with E-state index in [4.69, 9.17) is 9.68 Å². The van der Waals surface area contributed by atoms with E-state index in [1.54, 1.807) is 11.1 Å². The molecule has 0 atom stereocenters. The van der Waals surface area contributed by atoms with Crippen molar-refractivity contribution in [1.82, 2.24) is 25.2 Å². The van der Waals surface area contributed by atoms with Gasteiger partial charge in [-0.3, -0.25) is 20.1 Å². The Balaban J connectivity index is 1.70. The maximum atomic E-state index is 12.9. The average molecular weight is 476 g/mol. The fourth-order valence-corrected chi connectivity index (χ4v) is 3.55. The molecule has 3 rings (SSSR count). The zero-order chi connectivity index (χ0) is 21.7. The van der Waals surface area contributed by atoms with Crippen LogP contribution in [0.15, 0.2) is 27.4 Å². The number of nitrogens with zero attached hydrogens (tertiary/aromatic N) is 6. The lowest BCUT2D eigenvalue weighted by atomic mass is 10.2. The normalized spacial score (nSPS) is 15.2. The molecule has 3 heterocycles. The van der Waals surface area contributed by atoms with Gasteiger partial charge in [-0.2, -0.15) is 10.2 Å². The Kier molecular flexibility index (Phi) is 7.42. The molecule has 0 unspecified atom stereocenters. The molecule has 1 aliphatic rings. The largest absolute Gasteiger partial charge is 0.467 e. The van der Waals surface area contributed by atoms with Crippen LogP contribution in [0.3, 0.4) is 0 Å². The van der Waals surface area contributed by atoms with E-state index in [9.17, 15) is 4.79 Å². The molecule has 10 heteroatoms. The van der Waals surface area contributed by atoms with E-state index in [0.717, 1.165) is 31.9 Å².